The fraction of sp³-hybridized carbons (Fsp3) is 0.333. The van der Waals surface area contributed by atoms with Gasteiger partial charge < -0.3 is 10.6 Å². The Bertz CT molecular complexity index is 929. The van der Waals surface area contributed by atoms with Crippen LogP contribution in [0.1, 0.15) is 29.0 Å². The third-order valence-corrected chi connectivity index (χ3v) is 4.86. The lowest BCUT2D eigenvalue weighted by atomic mass is 10.1. The second kappa shape index (κ2) is 6.25. The van der Waals surface area contributed by atoms with Crippen molar-refractivity contribution in [2.45, 2.75) is 25.8 Å². The molecule has 0 saturated carbocycles. The molecule has 1 aromatic carbocycles. The molecule has 25 heavy (non-hydrogen) atoms. The fourth-order valence-corrected chi connectivity index (χ4v) is 3.51. The number of hydrogen-bond donors (Lipinski definition) is 1. The van der Waals surface area contributed by atoms with Crippen LogP contribution in [0.5, 0.6) is 0 Å². The van der Waals surface area contributed by atoms with E-state index in [0.717, 1.165) is 41.7 Å². The second-order valence-electron chi connectivity index (χ2n) is 6.31. The second-order valence-corrected chi connectivity index (χ2v) is 6.31. The summed E-state index contributed by atoms with van der Waals surface area (Å²) in [5, 5.41) is 9.38. The Morgan fingerprint density at radius 3 is 3.04 bits per heavy atom. The average Bonchev–Trinajstić information content (AvgIpc) is 3.27. The van der Waals surface area contributed by atoms with Gasteiger partial charge in [0.25, 0.3) is 5.91 Å². The Morgan fingerprint density at radius 2 is 2.20 bits per heavy atom. The molecule has 0 spiro atoms. The molecule has 2 N–H and O–H groups in total. The van der Waals surface area contributed by atoms with Crippen molar-refractivity contribution in [1.29, 1.82) is 0 Å². The molecule has 1 fully saturated rings. The van der Waals surface area contributed by atoms with Gasteiger partial charge in [0.05, 0.1) is 16.9 Å². The van der Waals surface area contributed by atoms with E-state index in [9.17, 15) is 4.79 Å². The molecule has 4 rings (SSSR count). The first-order chi connectivity index (χ1) is 12.2. The van der Waals surface area contributed by atoms with Crippen LogP contribution in [-0.2, 0) is 0 Å². The molecule has 128 valence electrons. The molecule has 2 aromatic heterocycles. The number of nitrogens with zero attached hydrogens (tertiary/aromatic N) is 5. The first-order valence-electron chi connectivity index (χ1n) is 8.48. The van der Waals surface area contributed by atoms with Gasteiger partial charge in [0.15, 0.2) is 5.69 Å². The summed E-state index contributed by atoms with van der Waals surface area (Å²) in [7, 11) is 0. The van der Waals surface area contributed by atoms with Crippen LogP contribution >= 0.6 is 0 Å². The zero-order chi connectivity index (χ0) is 17.4. The van der Waals surface area contributed by atoms with Crippen molar-refractivity contribution in [3.05, 3.63) is 47.9 Å². The molecule has 7 nitrogen and oxygen atoms in total. The van der Waals surface area contributed by atoms with Crippen molar-refractivity contribution in [1.82, 2.24) is 24.9 Å². The Hall–Kier alpha value is -2.80. The minimum absolute atomic E-state index is 0.0879. The van der Waals surface area contributed by atoms with Crippen molar-refractivity contribution in [2.75, 3.05) is 13.1 Å². The van der Waals surface area contributed by atoms with Crippen LogP contribution in [0.3, 0.4) is 0 Å². The highest BCUT2D eigenvalue weighted by atomic mass is 16.2. The van der Waals surface area contributed by atoms with Gasteiger partial charge in [-0.1, -0.05) is 11.3 Å². The van der Waals surface area contributed by atoms with Crippen molar-refractivity contribution in [3.8, 4) is 5.69 Å². The van der Waals surface area contributed by atoms with Gasteiger partial charge in [-0.15, -0.1) is 5.10 Å². The SMILES string of the molecule is Cc1c(C(=O)N2CCC[C@H]2CN)nnn1-c1cccc2ncccc12. The Balaban J connectivity index is 1.75. The number of amides is 1. The number of carbonyl (C=O) groups is 1. The minimum Gasteiger partial charge on any atom is -0.333 e. The van der Waals surface area contributed by atoms with Crippen LogP contribution < -0.4 is 5.73 Å². The number of rotatable bonds is 3. The van der Waals surface area contributed by atoms with E-state index in [-0.39, 0.29) is 11.9 Å². The number of likely N-dealkylation sites (tertiary alicyclic amines) is 1. The number of fused-ring (bicyclic) bond motifs is 1. The van der Waals surface area contributed by atoms with E-state index >= 15 is 0 Å². The van der Waals surface area contributed by atoms with Crippen molar-refractivity contribution in [3.63, 3.8) is 0 Å². The van der Waals surface area contributed by atoms with Crippen LogP contribution in [0.4, 0.5) is 0 Å². The number of aromatic nitrogens is 4. The van der Waals surface area contributed by atoms with Crippen molar-refractivity contribution < 1.29 is 4.79 Å². The maximum atomic E-state index is 12.9. The quantitative estimate of drug-likeness (QED) is 0.786. The summed E-state index contributed by atoms with van der Waals surface area (Å²) in [6.07, 6.45) is 3.69. The molecule has 1 saturated heterocycles. The summed E-state index contributed by atoms with van der Waals surface area (Å²) in [5.74, 6) is -0.0879. The molecule has 7 heteroatoms. The lowest BCUT2D eigenvalue weighted by Crippen LogP contribution is -2.40. The highest BCUT2D eigenvalue weighted by molar-refractivity contribution is 5.94. The first kappa shape index (κ1) is 15.7. The first-order valence-corrected chi connectivity index (χ1v) is 8.48. The summed E-state index contributed by atoms with van der Waals surface area (Å²) in [6, 6.07) is 9.81. The van der Waals surface area contributed by atoms with Crippen molar-refractivity contribution in [2.24, 2.45) is 5.73 Å². The summed E-state index contributed by atoms with van der Waals surface area (Å²) in [4.78, 5) is 19.1. The Kier molecular flexibility index (Phi) is 3.93. The molecule has 0 radical (unpaired) electrons. The number of benzene rings is 1. The molecule has 1 amide bonds. The number of nitrogens with two attached hydrogens (primary N) is 1. The van der Waals surface area contributed by atoms with E-state index < -0.39 is 0 Å². The third-order valence-electron chi connectivity index (χ3n) is 4.86. The molecule has 3 heterocycles. The molecule has 0 aliphatic carbocycles. The number of carbonyl (C=O) groups excluding carboxylic acids is 1. The number of hydrogen-bond acceptors (Lipinski definition) is 5. The topological polar surface area (TPSA) is 89.9 Å². The zero-order valence-corrected chi connectivity index (χ0v) is 14.1. The molecular formula is C18H20N6O. The monoisotopic (exact) mass is 336 g/mol. The van der Waals surface area contributed by atoms with Gasteiger partial charge in [-0.05, 0) is 44.0 Å². The van der Waals surface area contributed by atoms with Gasteiger partial charge in [0.1, 0.15) is 0 Å². The van der Waals surface area contributed by atoms with E-state index in [2.05, 4.69) is 15.3 Å². The number of pyridine rings is 1. The van der Waals surface area contributed by atoms with Gasteiger partial charge in [0.2, 0.25) is 0 Å². The van der Waals surface area contributed by atoms with Crippen LogP contribution in [0, 0.1) is 6.92 Å². The van der Waals surface area contributed by atoms with Crippen LogP contribution in [0.25, 0.3) is 16.6 Å². The highest BCUT2D eigenvalue weighted by Gasteiger charge is 2.31. The molecule has 0 unspecified atom stereocenters. The van der Waals surface area contributed by atoms with Crippen molar-refractivity contribution >= 4 is 16.8 Å². The van der Waals surface area contributed by atoms with Crippen LogP contribution in [0.15, 0.2) is 36.5 Å². The summed E-state index contributed by atoms with van der Waals surface area (Å²) < 4.78 is 1.71. The summed E-state index contributed by atoms with van der Waals surface area (Å²) in [6.45, 7) is 3.08. The standard InChI is InChI=1S/C18H20N6O/c1-12-17(18(25)23-10-4-5-13(23)11-19)21-22-24(12)16-8-2-7-15-14(16)6-3-9-20-15/h2-3,6-9,13H,4-5,10-11,19H2,1H3/t13-/m0/s1. The van der Waals surface area contributed by atoms with Gasteiger partial charge in [-0.2, -0.15) is 0 Å². The average molecular weight is 336 g/mol. The largest absolute Gasteiger partial charge is 0.333 e. The van der Waals surface area contributed by atoms with E-state index in [1.165, 1.54) is 0 Å². The summed E-state index contributed by atoms with van der Waals surface area (Å²) >= 11 is 0. The molecular weight excluding hydrogens is 316 g/mol. The molecule has 1 aliphatic rings. The summed E-state index contributed by atoms with van der Waals surface area (Å²) in [5.41, 5.74) is 8.66. The van der Waals surface area contributed by atoms with Gasteiger partial charge in [-0.25, -0.2) is 4.68 Å². The maximum Gasteiger partial charge on any atom is 0.276 e. The predicted octanol–water partition coefficient (Wildman–Crippen LogP) is 1.69. The Labute approximate surface area is 145 Å². The smallest absolute Gasteiger partial charge is 0.276 e. The molecule has 3 aromatic rings. The van der Waals surface area contributed by atoms with Crippen LogP contribution in [-0.4, -0.2) is 49.9 Å². The normalized spacial score (nSPS) is 17.4. The predicted molar refractivity (Wildman–Crippen MR) is 94.5 cm³/mol. The van der Waals surface area contributed by atoms with E-state index in [4.69, 9.17) is 5.73 Å². The third kappa shape index (κ3) is 2.56. The van der Waals surface area contributed by atoms with E-state index in [1.54, 1.807) is 10.9 Å². The fourth-order valence-electron chi connectivity index (χ4n) is 3.51. The van der Waals surface area contributed by atoms with Gasteiger partial charge in [0, 0.05) is 30.7 Å². The highest BCUT2D eigenvalue weighted by Crippen LogP contribution is 2.24. The lowest BCUT2D eigenvalue weighted by Gasteiger charge is -2.22. The minimum atomic E-state index is -0.0879. The van der Waals surface area contributed by atoms with Crippen LogP contribution in [0.2, 0.25) is 0 Å². The molecule has 0 bridgehead atoms. The zero-order valence-electron chi connectivity index (χ0n) is 14.1. The van der Waals surface area contributed by atoms with E-state index in [0.29, 0.717) is 12.2 Å². The lowest BCUT2D eigenvalue weighted by molar-refractivity contribution is 0.0734. The molecule has 1 atom stereocenters. The maximum absolute atomic E-state index is 12.9. The Morgan fingerprint density at radius 1 is 1.32 bits per heavy atom. The van der Waals surface area contributed by atoms with Gasteiger partial charge in [-0.3, -0.25) is 9.78 Å². The molecule has 1 aliphatic heterocycles. The van der Waals surface area contributed by atoms with E-state index in [1.807, 2.05) is 42.2 Å². The van der Waals surface area contributed by atoms with Gasteiger partial charge >= 0.3 is 0 Å².